The molecule has 0 aliphatic carbocycles. The van der Waals surface area contributed by atoms with Crippen LogP contribution in [0.3, 0.4) is 0 Å². The molecule has 2 rings (SSSR count). The molecule has 0 bridgehead atoms. The summed E-state index contributed by atoms with van der Waals surface area (Å²) in [5.41, 5.74) is 1.76. The van der Waals surface area contributed by atoms with E-state index in [2.05, 4.69) is 0 Å². The van der Waals surface area contributed by atoms with Gasteiger partial charge in [0, 0.05) is 16.0 Å². The van der Waals surface area contributed by atoms with Crippen LogP contribution in [-0.2, 0) is 14.3 Å². The van der Waals surface area contributed by atoms with Gasteiger partial charge in [-0.05, 0) is 29.7 Å². The molecule has 0 aliphatic heterocycles. The third kappa shape index (κ3) is 5.95. The lowest BCUT2D eigenvalue weighted by molar-refractivity contribution is 0.295. The Hall–Kier alpha value is -1.33. The van der Waals surface area contributed by atoms with Crippen molar-refractivity contribution in [2.24, 2.45) is 0 Å². The van der Waals surface area contributed by atoms with Crippen molar-refractivity contribution >= 4 is 39.4 Å². The van der Waals surface area contributed by atoms with Gasteiger partial charge in [0.2, 0.25) is 0 Å². The molecule has 24 heavy (non-hydrogen) atoms. The summed E-state index contributed by atoms with van der Waals surface area (Å²) in [6, 6.07) is 14.9. The van der Waals surface area contributed by atoms with Gasteiger partial charge in [0.15, 0.2) is 0 Å². The van der Waals surface area contributed by atoms with Crippen LogP contribution >= 0.6 is 23.2 Å². The van der Waals surface area contributed by atoms with E-state index < -0.39 is 10.1 Å². The predicted octanol–water partition coefficient (Wildman–Crippen LogP) is 5.16. The molecule has 3 nitrogen and oxygen atoms in total. The second-order valence-corrected chi connectivity index (χ2v) is 7.83. The maximum atomic E-state index is 11.3. The van der Waals surface area contributed by atoms with Crippen LogP contribution < -0.4 is 0 Å². The zero-order chi connectivity index (χ0) is 17.6. The van der Waals surface area contributed by atoms with Gasteiger partial charge >= 0.3 is 0 Å². The number of rotatable bonds is 7. The fourth-order valence-electron chi connectivity index (χ4n) is 2.27. The molecular formula is C18H18Cl2O3S. The Balaban J connectivity index is 2.17. The fraction of sp³-hybridized carbons (Fsp3) is 0.222. The monoisotopic (exact) mass is 384 g/mol. The molecule has 0 radical (unpaired) electrons. The first kappa shape index (κ1) is 19.0. The smallest absolute Gasteiger partial charge is 0.264 e. The Morgan fingerprint density at radius 3 is 2.29 bits per heavy atom. The summed E-state index contributed by atoms with van der Waals surface area (Å²) < 4.78 is 27.6. The van der Waals surface area contributed by atoms with Gasteiger partial charge in [0.25, 0.3) is 10.1 Å². The number of hydrogen-bond donors (Lipinski definition) is 0. The highest BCUT2D eigenvalue weighted by Crippen LogP contribution is 2.28. The number of benzene rings is 2. The molecule has 2 aromatic carbocycles. The Kier molecular flexibility index (Phi) is 6.87. The number of hydrogen-bond acceptors (Lipinski definition) is 3. The summed E-state index contributed by atoms with van der Waals surface area (Å²) in [7, 11) is -3.51. The fourth-order valence-corrected chi connectivity index (χ4v) is 3.17. The van der Waals surface area contributed by atoms with Crippen LogP contribution in [0.5, 0.6) is 0 Å². The van der Waals surface area contributed by atoms with Crippen molar-refractivity contribution < 1.29 is 12.6 Å². The number of halogens is 2. The van der Waals surface area contributed by atoms with Crippen molar-refractivity contribution in [3.05, 3.63) is 75.8 Å². The van der Waals surface area contributed by atoms with Crippen LogP contribution in [0.2, 0.25) is 10.0 Å². The third-order valence-corrected chi connectivity index (χ3v) is 4.70. The molecule has 0 aliphatic rings. The van der Waals surface area contributed by atoms with Gasteiger partial charge in [-0.1, -0.05) is 71.8 Å². The van der Waals surface area contributed by atoms with Crippen molar-refractivity contribution in [2.75, 3.05) is 12.9 Å². The van der Waals surface area contributed by atoms with Gasteiger partial charge < -0.3 is 0 Å². The summed E-state index contributed by atoms with van der Waals surface area (Å²) in [5, 5.41) is 1.25. The topological polar surface area (TPSA) is 43.4 Å². The minimum atomic E-state index is -3.51. The van der Waals surface area contributed by atoms with E-state index in [1.54, 1.807) is 6.07 Å². The standard InChI is InChI=1S/C18H18Cl2O3S/c1-24(21,22)23-13-15(16-10-3-5-12-18(16)20)9-6-8-14-7-2-4-11-17(14)19/h2-8,10-12,15H,9,13H2,1H3/b8-6+. The van der Waals surface area contributed by atoms with E-state index in [4.69, 9.17) is 27.4 Å². The minimum absolute atomic E-state index is 0.0371. The quantitative estimate of drug-likeness (QED) is 0.619. The lowest BCUT2D eigenvalue weighted by Gasteiger charge is -2.16. The minimum Gasteiger partial charge on any atom is -0.270 e. The van der Waals surface area contributed by atoms with E-state index >= 15 is 0 Å². The van der Waals surface area contributed by atoms with Crippen molar-refractivity contribution in [1.82, 2.24) is 0 Å². The Labute approximate surface area is 153 Å². The lowest BCUT2D eigenvalue weighted by Crippen LogP contribution is -2.12. The van der Waals surface area contributed by atoms with Crippen molar-refractivity contribution in [2.45, 2.75) is 12.3 Å². The predicted molar refractivity (Wildman–Crippen MR) is 100 cm³/mol. The first-order valence-corrected chi connectivity index (χ1v) is 9.94. The molecule has 0 heterocycles. The molecule has 1 unspecified atom stereocenters. The molecular weight excluding hydrogens is 367 g/mol. The van der Waals surface area contributed by atoms with E-state index in [9.17, 15) is 8.42 Å². The van der Waals surface area contributed by atoms with Gasteiger partial charge in [-0.15, -0.1) is 0 Å². The second-order valence-electron chi connectivity index (χ2n) is 5.37. The molecule has 0 amide bonds. The Morgan fingerprint density at radius 2 is 1.67 bits per heavy atom. The molecule has 0 saturated heterocycles. The Morgan fingerprint density at radius 1 is 1.04 bits per heavy atom. The van der Waals surface area contributed by atoms with Gasteiger partial charge in [0.1, 0.15) is 0 Å². The van der Waals surface area contributed by atoms with E-state index in [0.29, 0.717) is 16.5 Å². The maximum Gasteiger partial charge on any atom is 0.264 e. The van der Waals surface area contributed by atoms with E-state index in [-0.39, 0.29) is 12.5 Å². The summed E-state index contributed by atoms with van der Waals surface area (Å²) in [6.07, 6.45) is 5.47. The van der Waals surface area contributed by atoms with Crippen LogP contribution in [0.15, 0.2) is 54.6 Å². The largest absolute Gasteiger partial charge is 0.270 e. The Bertz CT molecular complexity index is 817. The molecule has 0 aromatic heterocycles. The SMILES string of the molecule is CS(=O)(=O)OCC(C/C=C/c1ccccc1Cl)c1ccccc1Cl. The zero-order valence-corrected chi connectivity index (χ0v) is 15.5. The zero-order valence-electron chi connectivity index (χ0n) is 13.2. The second kappa shape index (κ2) is 8.67. The molecule has 0 fully saturated rings. The molecule has 0 N–H and O–H groups in total. The van der Waals surface area contributed by atoms with E-state index in [0.717, 1.165) is 17.4 Å². The molecule has 0 spiro atoms. The van der Waals surface area contributed by atoms with Crippen molar-refractivity contribution in [3.8, 4) is 0 Å². The van der Waals surface area contributed by atoms with Crippen molar-refractivity contribution in [3.63, 3.8) is 0 Å². The highest BCUT2D eigenvalue weighted by Gasteiger charge is 2.16. The van der Waals surface area contributed by atoms with E-state index in [1.807, 2.05) is 54.6 Å². The van der Waals surface area contributed by atoms with Crippen LogP contribution in [-0.4, -0.2) is 21.3 Å². The molecule has 0 saturated carbocycles. The third-order valence-electron chi connectivity index (χ3n) is 3.45. The van der Waals surface area contributed by atoms with Gasteiger partial charge in [0.05, 0.1) is 12.9 Å². The molecule has 2 aromatic rings. The molecule has 1 atom stereocenters. The lowest BCUT2D eigenvalue weighted by atomic mass is 9.96. The summed E-state index contributed by atoms with van der Waals surface area (Å²) in [5.74, 6) is -0.174. The first-order chi connectivity index (χ1) is 11.4. The van der Waals surface area contributed by atoms with E-state index in [1.165, 1.54) is 0 Å². The highest BCUT2D eigenvalue weighted by atomic mass is 35.5. The van der Waals surface area contributed by atoms with Crippen LogP contribution in [0.1, 0.15) is 23.5 Å². The highest BCUT2D eigenvalue weighted by molar-refractivity contribution is 7.85. The summed E-state index contributed by atoms with van der Waals surface area (Å²) in [6.45, 7) is 0.0371. The average Bonchev–Trinajstić information content (AvgIpc) is 2.52. The first-order valence-electron chi connectivity index (χ1n) is 7.37. The summed E-state index contributed by atoms with van der Waals surface area (Å²) in [4.78, 5) is 0. The van der Waals surface area contributed by atoms with Crippen molar-refractivity contribution in [1.29, 1.82) is 0 Å². The van der Waals surface area contributed by atoms with Gasteiger partial charge in [-0.2, -0.15) is 8.42 Å². The number of allylic oxidation sites excluding steroid dienone is 1. The van der Waals surface area contributed by atoms with Crippen LogP contribution in [0, 0.1) is 0 Å². The van der Waals surface area contributed by atoms with Gasteiger partial charge in [-0.3, -0.25) is 4.18 Å². The summed E-state index contributed by atoms with van der Waals surface area (Å²) >= 11 is 12.4. The average molecular weight is 385 g/mol. The van der Waals surface area contributed by atoms with Crippen LogP contribution in [0.25, 0.3) is 6.08 Å². The molecule has 128 valence electrons. The molecule has 6 heteroatoms. The maximum absolute atomic E-state index is 11.3. The van der Waals surface area contributed by atoms with Gasteiger partial charge in [-0.25, -0.2) is 0 Å². The van der Waals surface area contributed by atoms with Crippen LogP contribution in [0.4, 0.5) is 0 Å². The normalized spacial score (nSPS) is 13.3.